The lowest BCUT2D eigenvalue weighted by Gasteiger charge is -2.20. The first kappa shape index (κ1) is 13.5. The van der Waals surface area contributed by atoms with E-state index in [1.165, 1.54) is 6.07 Å². The zero-order valence-electron chi connectivity index (χ0n) is 11.0. The van der Waals surface area contributed by atoms with Crippen LogP contribution in [0, 0.1) is 5.82 Å². The molecule has 0 spiro atoms. The SMILES string of the molecule is CC(N[C@H](C)c1ccccn1)c1ccc(O)cc1F. The number of aromatic hydroxyl groups is 1. The van der Waals surface area contributed by atoms with Crippen molar-refractivity contribution >= 4 is 0 Å². The molecule has 19 heavy (non-hydrogen) atoms. The average molecular weight is 260 g/mol. The first-order valence-corrected chi connectivity index (χ1v) is 6.23. The molecule has 0 saturated carbocycles. The first-order valence-electron chi connectivity index (χ1n) is 6.23. The van der Waals surface area contributed by atoms with Gasteiger partial charge >= 0.3 is 0 Å². The van der Waals surface area contributed by atoms with Gasteiger partial charge in [0.15, 0.2) is 0 Å². The first-order chi connectivity index (χ1) is 9.08. The molecule has 0 bridgehead atoms. The number of phenolic OH excluding ortho intramolecular Hbond substituents is 1. The molecule has 2 aromatic rings. The fourth-order valence-corrected chi connectivity index (χ4v) is 2.05. The summed E-state index contributed by atoms with van der Waals surface area (Å²) in [6.07, 6.45) is 1.74. The molecule has 0 radical (unpaired) electrons. The predicted molar refractivity (Wildman–Crippen MR) is 72.3 cm³/mol. The van der Waals surface area contributed by atoms with E-state index in [1.54, 1.807) is 12.3 Å². The second-order valence-electron chi connectivity index (χ2n) is 4.57. The molecule has 1 unspecified atom stereocenters. The van der Waals surface area contributed by atoms with Gasteiger partial charge in [-0.2, -0.15) is 0 Å². The summed E-state index contributed by atoms with van der Waals surface area (Å²) in [5.74, 6) is -0.473. The number of hydrogen-bond donors (Lipinski definition) is 2. The van der Waals surface area contributed by atoms with Crippen molar-refractivity contribution in [1.82, 2.24) is 10.3 Å². The van der Waals surface area contributed by atoms with Crippen LogP contribution in [0.15, 0.2) is 42.6 Å². The molecule has 1 heterocycles. The fraction of sp³-hybridized carbons (Fsp3) is 0.267. The molecular weight excluding hydrogens is 243 g/mol. The highest BCUT2D eigenvalue weighted by Gasteiger charge is 2.15. The van der Waals surface area contributed by atoms with Crippen molar-refractivity contribution in [3.8, 4) is 5.75 Å². The summed E-state index contributed by atoms with van der Waals surface area (Å²) >= 11 is 0. The highest BCUT2D eigenvalue weighted by molar-refractivity contribution is 5.29. The molecule has 2 atom stereocenters. The molecule has 0 aliphatic heterocycles. The summed E-state index contributed by atoms with van der Waals surface area (Å²) in [5.41, 5.74) is 1.44. The highest BCUT2D eigenvalue weighted by Crippen LogP contribution is 2.23. The van der Waals surface area contributed by atoms with E-state index in [0.29, 0.717) is 5.56 Å². The molecule has 1 aromatic carbocycles. The minimum atomic E-state index is -0.409. The van der Waals surface area contributed by atoms with Gasteiger partial charge in [0.2, 0.25) is 0 Å². The molecule has 3 nitrogen and oxygen atoms in total. The Kier molecular flexibility index (Phi) is 4.12. The lowest BCUT2D eigenvalue weighted by atomic mass is 10.1. The lowest BCUT2D eigenvalue weighted by molar-refractivity contribution is 0.452. The molecule has 1 aromatic heterocycles. The minimum Gasteiger partial charge on any atom is -0.508 e. The number of hydrogen-bond acceptors (Lipinski definition) is 3. The second kappa shape index (κ2) is 5.80. The molecule has 4 heteroatoms. The summed E-state index contributed by atoms with van der Waals surface area (Å²) in [4.78, 5) is 4.27. The maximum Gasteiger partial charge on any atom is 0.131 e. The van der Waals surface area contributed by atoms with Crippen molar-refractivity contribution in [1.29, 1.82) is 0 Å². The van der Waals surface area contributed by atoms with Gasteiger partial charge < -0.3 is 10.4 Å². The van der Waals surface area contributed by atoms with Gasteiger partial charge in [-0.15, -0.1) is 0 Å². The summed E-state index contributed by atoms with van der Waals surface area (Å²) in [6, 6.07) is 9.76. The third-order valence-electron chi connectivity index (χ3n) is 3.08. The predicted octanol–water partition coefficient (Wildman–Crippen LogP) is 3.34. The zero-order valence-corrected chi connectivity index (χ0v) is 11.0. The van der Waals surface area contributed by atoms with Crippen LogP contribution in [0.3, 0.4) is 0 Å². The Morgan fingerprint density at radius 3 is 2.58 bits per heavy atom. The number of nitrogens with one attached hydrogen (secondary N) is 1. The maximum atomic E-state index is 13.7. The van der Waals surface area contributed by atoms with Crippen LogP contribution in [-0.2, 0) is 0 Å². The van der Waals surface area contributed by atoms with Crippen molar-refractivity contribution in [3.05, 3.63) is 59.7 Å². The van der Waals surface area contributed by atoms with Crippen LogP contribution in [0.25, 0.3) is 0 Å². The van der Waals surface area contributed by atoms with E-state index in [-0.39, 0.29) is 17.8 Å². The molecule has 2 N–H and O–H groups in total. The van der Waals surface area contributed by atoms with Crippen molar-refractivity contribution in [3.63, 3.8) is 0 Å². The molecule has 0 saturated heterocycles. The van der Waals surface area contributed by atoms with Gasteiger partial charge in [0, 0.05) is 29.9 Å². The Morgan fingerprint density at radius 2 is 1.95 bits per heavy atom. The summed E-state index contributed by atoms with van der Waals surface area (Å²) in [7, 11) is 0. The smallest absolute Gasteiger partial charge is 0.131 e. The molecule has 0 fully saturated rings. The molecule has 100 valence electrons. The Hall–Kier alpha value is -1.94. The van der Waals surface area contributed by atoms with Crippen LogP contribution in [0.4, 0.5) is 4.39 Å². The van der Waals surface area contributed by atoms with Gasteiger partial charge in [-0.25, -0.2) is 4.39 Å². The van der Waals surface area contributed by atoms with E-state index < -0.39 is 5.82 Å². The molecule has 0 aliphatic rings. The number of pyridine rings is 1. The summed E-state index contributed by atoms with van der Waals surface area (Å²) in [5, 5.41) is 12.5. The third kappa shape index (κ3) is 3.29. The Morgan fingerprint density at radius 1 is 1.16 bits per heavy atom. The summed E-state index contributed by atoms with van der Waals surface area (Å²) < 4.78 is 13.7. The highest BCUT2D eigenvalue weighted by atomic mass is 19.1. The Balaban J connectivity index is 2.10. The summed E-state index contributed by atoms with van der Waals surface area (Å²) in [6.45, 7) is 3.87. The van der Waals surface area contributed by atoms with Crippen LogP contribution in [-0.4, -0.2) is 10.1 Å². The van der Waals surface area contributed by atoms with E-state index in [4.69, 9.17) is 0 Å². The lowest BCUT2D eigenvalue weighted by Crippen LogP contribution is -2.23. The topological polar surface area (TPSA) is 45.2 Å². The van der Waals surface area contributed by atoms with Gasteiger partial charge in [0.05, 0.1) is 5.69 Å². The van der Waals surface area contributed by atoms with Crippen LogP contribution in [0.1, 0.15) is 37.2 Å². The van der Waals surface area contributed by atoms with Crippen molar-refractivity contribution in [2.24, 2.45) is 0 Å². The Labute approximate surface area is 112 Å². The monoisotopic (exact) mass is 260 g/mol. The van der Waals surface area contributed by atoms with E-state index in [0.717, 1.165) is 11.8 Å². The maximum absolute atomic E-state index is 13.7. The minimum absolute atomic E-state index is 0.0180. The van der Waals surface area contributed by atoms with E-state index >= 15 is 0 Å². The van der Waals surface area contributed by atoms with E-state index in [2.05, 4.69) is 10.3 Å². The van der Waals surface area contributed by atoms with Gasteiger partial charge in [-0.1, -0.05) is 12.1 Å². The van der Waals surface area contributed by atoms with Crippen LogP contribution >= 0.6 is 0 Å². The van der Waals surface area contributed by atoms with Gasteiger partial charge in [0.1, 0.15) is 11.6 Å². The number of benzene rings is 1. The normalized spacial score (nSPS) is 14.1. The van der Waals surface area contributed by atoms with E-state index in [1.807, 2.05) is 32.0 Å². The number of aromatic nitrogens is 1. The van der Waals surface area contributed by atoms with Crippen molar-refractivity contribution in [2.45, 2.75) is 25.9 Å². The molecule has 0 amide bonds. The van der Waals surface area contributed by atoms with Crippen LogP contribution in [0.2, 0.25) is 0 Å². The van der Waals surface area contributed by atoms with Gasteiger partial charge in [0.25, 0.3) is 0 Å². The molecule has 0 aliphatic carbocycles. The van der Waals surface area contributed by atoms with E-state index in [9.17, 15) is 9.50 Å². The number of phenols is 1. The zero-order chi connectivity index (χ0) is 13.8. The molecular formula is C15H17FN2O. The standard InChI is InChI=1S/C15H17FN2O/c1-10(13-7-6-12(19)9-14(13)16)18-11(2)15-5-3-4-8-17-15/h3-11,18-19H,1-2H3/t10?,11-/m1/s1. The largest absolute Gasteiger partial charge is 0.508 e. The molecule has 2 rings (SSSR count). The quantitative estimate of drug-likeness (QED) is 0.886. The average Bonchev–Trinajstić information content (AvgIpc) is 2.39. The number of rotatable bonds is 4. The third-order valence-corrected chi connectivity index (χ3v) is 3.08. The van der Waals surface area contributed by atoms with Gasteiger partial charge in [-0.05, 0) is 32.0 Å². The fourth-order valence-electron chi connectivity index (χ4n) is 2.05. The second-order valence-corrected chi connectivity index (χ2v) is 4.57. The van der Waals surface area contributed by atoms with Crippen LogP contribution < -0.4 is 5.32 Å². The van der Waals surface area contributed by atoms with Crippen LogP contribution in [0.5, 0.6) is 5.75 Å². The van der Waals surface area contributed by atoms with Gasteiger partial charge in [-0.3, -0.25) is 4.98 Å². The number of halogens is 1. The Bertz CT molecular complexity index is 545. The van der Waals surface area contributed by atoms with Crippen molar-refractivity contribution in [2.75, 3.05) is 0 Å². The van der Waals surface area contributed by atoms with Crippen molar-refractivity contribution < 1.29 is 9.50 Å². The number of nitrogens with zero attached hydrogens (tertiary/aromatic N) is 1.